The van der Waals surface area contributed by atoms with Crippen LogP contribution in [0, 0.1) is 20.8 Å². The summed E-state index contributed by atoms with van der Waals surface area (Å²) in [5.74, 6) is 1.65. The van der Waals surface area contributed by atoms with E-state index in [0.717, 1.165) is 44.4 Å². The number of thiophene rings is 1. The van der Waals surface area contributed by atoms with Crippen LogP contribution in [0.3, 0.4) is 0 Å². The summed E-state index contributed by atoms with van der Waals surface area (Å²) in [7, 11) is 0. The van der Waals surface area contributed by atoms with Crippen LogP contribution in [0.4, 0.5) is 5.69 Å². The predicted octanol–water partition coefficient (Wildman–Crippen LogP) is 6.45. The number of oxime groups is 1. The zero-order valence-corrected chi connectivity index (χ0v) is 24.9. The fraction of sp³-hybridized carbons (Fsp3) is 0.300. The topological polar surface area (TPSA) is 103 Å². The van der Waals surface area contributed by atoms with Crippen molar-refractivity contribution in [2.45, 2.75) is 59.8 Å². The zero-order chi connectivity index (χ0) is 28.8. The molecule has 0 aliphatic carbocycles. The molecule has 2 aliphatic heterocycles. The van der Waals surface area contributed by atoms with Crippen LogP contribution in [0.2, 0.25) is 5.02 Å². The van der Waals surface area contributed by atoms with Crippen LogP contribution < -0.4 is 5.32 Å². The van der Waals surface area contributed by atoms with Crippen molar-refractivity contribution in [1.82, 2.24) is 14.8 Å². The lowest BCUT2D eigenvalue weighted by molar-refractivity contribution is -0.116. The minimum Gasteiger partial charge on any atom is -0.470 e. The van der Waals surface area contributed by atoms with E-state index < -0.39 is 6.04 Å². The maximum Gasteiger partial charge on any atom is 0.258 e. The highest BCUT2D eigenvalue weighted by molar-refractivity contribution is 7.15. The number of amides is 1. The fourth-order valence-corrected chi connectivity index (χ4v) is 6.31. The van der Waals surface area contributed by atoms with Crippen LogP contribution in [-0.4, -0.2) is 38.4 Å². The van der Waals surface area contributed by atoms with Gasteiger partial charge in [-0.1, -0.05) is 23.7 Å². The number of nitrogens with zero attached hydrogens (tertiary/aromatic N) is 5. The Morgan fingerprint density at radius 1 is 1.20 bits per heavy atom. The van der Waals surface area contributed by atoms with Gasteiger partial charge in [0, 0.05) is 37.8 Å². The molecule has 0 unspecified atom stereocenters. The molecule has 2 aliphatic rings. The molecule has 0 saturated carbocycles. The summed E-state index contributed by atoms with van der Waals surface area (Å²) in [5, 5.41) is 17.6. The number of aromatic nitrogens is 3. The molecule has 2 aromatic heterocycles. The molecule has 4 aromatic rings. The molecular formula is C30H29ClN6O3S. The highest BCUT2D eigenvalue weighted by atomic mass is 35.5. The van der Waals surface area contributed by atoms with Crippen molar-refractivity contribution in [3.8, 4) is 5.00 Å². The number of anilines is 1. The lowest BCUT2D eigenvalue weighted by Gasteiger charge is -2.13. The molecule has 0 saturated heterocycles. The molecule has 210 valence electrons. The molecule has 0 fully saturated rings. The zero-order valence-electron chi connectivity index (χ0n) is 23.4. The number of carbonyl (C=O) groups excluding carboxylic acids is 1. The Hall–Kier alpha value is -4.02. The van der Waals surface area contributed by atoms with Gasteiger partial charge in [-0.15, -0.1) is 21.5 Å². The molecule has 2 aromatic carbocycles. The summed E-state index contributed by atoms with van der Waals surface area (Å²) in [4.78, 5) is 25.2. The van der Waals surface area contributed by atoms with Crippen molar-refractivity contribution in [2.75, 3.05) is 5.32 Å². The first-order valence-electron chi connectivity index (χ1n) is 13.4. The Bertz CT molecular complexity index is 1720. The van der Waals surface area contributed by atoms with Crippen LogP contribution in [0.1, 0.15) is 70.7 Å². The first kappa shape index (κ1) is 27.2. The van der Waals surface area contributed by atoms with E-state index in [9.17, 15) is 4.79 Å². The molecule has 0 radical (unpaired) electrons. The first-order chi connectivity index (χ1) is 19.7. The second-order valence-electron chi connectivity index (χ2n) is 10.4. The van der Waals surface area contributed by atoms with Crippen LogP contribution in [-0.2, 0) is 21.0 Å². The van der Waals surface area contributed by atoms with E-state index in [2.05, 4.69) is 34.5 Å². The smallest absolute Gasteiger partial charge is 0.258 e. The van der Waals surface area contributed by atoms with E-state index in [4.69, 9.17) is 26.2 Å². The van der Waals surface area contributed by atoms with Crippen molar-refractivity contribution in [1.29, 1.82) is 0 Å². The van der Waals surface area contributed by atoms with Gasteiger partial charge in [-0.3, -0.25) is 14.4 Å². The third-order valence-corrected chi connectivity index (χ3v) is 8.51. The summed E-state index contributed by atoms with van der Waals surface area (Å²) in [6.07, 6.45) is 0.0409. The van der Waals surface area contributed by atoms with Crippen LogP contribution >= 0.6 is 22.9 Å². The maximum atomic E-state index is 13.4. The number of aliphatic imine (C=N–C) groups is 1. The van der Waals surface area contributed by atoms with E-state index in [1.807, 2.05) is 67.8 Å². The number of rotatable bonds is 6. The minimum absolute atomic E-state index is 0.0472. The van der Waals surface area contributed by atoms with E-state index in [1.54, 1.807) is 11.3 Å². The lowest BCUT2D eigenvalue weighted by atomic mass is 9.99. The normalized spacial score (nSPS) is 16.5. The van der Waals surface area contributed by atoms with E-state index in [1.165, 1.54) is 4.88 Å². The van der Waals surface area contributed by atoms with E-state index in [-0.39, 0.29) is 18.4 Å². The minimum atomic E-state index is -0.550. The Kier molecular flexibility index (Phi) is 7.13. The maximum absolute atomic E-state index is 13.4. The molecule has 11 heteroatoms. The van der Waals surface area contributed by atoms with Gasteiger partial charge in [-0.25, -0.2) is 0 Å². The van der Waals surface area contributed by atoms with E-state index >= 15 is 0 Å². The van der Waals surface area contributed by atoms with Crippen molar-refractivity contribution >= 4 is 46.1 Å². The molecule has 41 heavy (non-hydrogen) atoms. The van der Waals surface area contributed by atoms with Gasteiger partial charge in [-0.05, 0) is 75.7 Å². The standard InChI is InChI=1S/C30H29ClN6O3S/c1-15(2)40-36-29-23-11-10-22(12-20(23)14-39-29)32-25(38)13-24-28-35-34-18(5)37(28)30-26(16(3)17(4)41-30)27(33-24)19-6-8-21(31)9-7-19/h6-12,15,24H,13-14H2,1-5H3,(H,32,38)/b36-29+/t24-/m0/s1. The Balaban J connectivity index is 1.33. The van der Waals surface area contributed by atoms with Gasteiger partial charge >= 0.3 is 0 Å². The Labute approximate surface area is 246 Å². The van der Waals surface area contributed by atoms with Gasteiger partial charge in [0.05, 0.1) is 12.1 Å². The number of halogens is 1. The molecule has 9 nitrogen and oxygen atoms in total. The first-order valence-corrected chi connectivity index (χ1v) is 14.5. The molecule has 1 atom stereocenters. The molecular weight excluding hydrogens is 560 g/mol. The summed E-state index contributed by atoms with van der Waals surface area (Å²) < 4.78 is 7.72. The summed E-state index contributed by atoms with van der Waals surface area (Å²) in [6, 6.07) is 12.7. The average molecular weight is 589 g/mol. The monoisotopic (exact) mass is 588 g/mol. The van der Waals surface area contributed by atoms with Gasteiger partial charge in [0.1, 0.15) is 29.6 Å². The number of nitrogens with one attached hydrogen (secondary N) is 1. The molecule has 0 spiro atoms. The predicted molar refractivity (Wildman–Crippen MR) is 161 cm³/mol. The number of hydrogen-bond acceptors (Lipinski definition) is 8. The third kappa shape index (κ3) is 5.13. The number of fused-ring (bicyclic) bond motifs is 4. The van der Waals surface area contributed by atoms with Gasteiger partial charge in [0.15, 0.2) is 5.82 Å². The van der Waals surface area contributed by atoms with E-state index in [0.29, 0.717) is 29.0 Å². The summed E-state index contributed by atoms with van der Waals surface area (Å²) >= 11 is 7.89. The van der Waals surface area contributed by atoms with Gasteiger partial charge < -0.3 is 14.9 Å². The van der Waals surface area contributed by atoms with Gasteiger partial charge in [0.25, 0.3) is 5.90 Å². The van der Waals surface area contributed by atoms with Gasteiger partial charge in [0.2, 0.25) is 5.91 Å². The molecule has 4 heterocycles. The van der Waals surface area contributed by atoms with Crippen LogP contribution in [0.15, 0.2) is 52.6 Å². The number of ether oxygens (including phenoxy) is 1. The summed E-state index contributed by atoms with van der Waals surface area (Å²) in [5.41, 5.74) is 6.36. The average Bonchev–Trinajstić information content (AvgIpc) is 3.58. The Morgan fingerprint density at radius 2 is 1.98 bits per heavy atom. The molecule has 0 bridgehead atoms. The molecule has 6 rings (SSSR count). The second-order valence-corrected chi connectivity index (χ2v) is 12.0. The number of aryl methyl sites for hydroxylation is 2. The highest BCUT2D eigenvalue weighted by Crippen LogP contribution is 2.39. The quantitative estimate of drug-likeness (QED) is 0.261. The van der Waals surface area contributed by atoms with Gasteiger partial charge in [-0.2, -0.15) is 0 Å². The van der Waals surface area contributed by atoms with Crippen molar-refractivity contribution in [2.24, 2.45) is 10.1 Å². The largest absolute Gasteiger partial charge is 0.470 e. The van der Waals surface area contributed by atoms with Crippen LogP contribution in [0.5, 0.6) is 0 Å². The summed E-state index contributed by atoms with van der Waals surface area (Å²) in [6.45, 7) is 10.3. The fourth-order valence-electron chi connectivity index (χ4n) is 4.97. The van der Waals surface area contributed by atoms with Crippen molar-refractivity contribution in [3.05, 3.63) is 91.8 Å². The Morgan fingerprint density at radius 3 is 2.73 bits per heavy atom. The third-order valence-electron chi connectivity index (χ3n) is 7.07. The molecule has 1 amide bonds. The van der Waals surface area contributed by atoms with Crippen molar-refractivity contribution in [3.63, 3.8) is 0 Å². The van der Waals surface area contributed by atoms with Crippen LogP contribution in [0.25, 0.3) is 5.00 Å². The molecule has 1 N–H and O–H groups in total. The number of benzene rings is 2. The number of hydrogen-bond donors (Lipinski definition) is 1. The second kappa shape index (κ2) is 10.8. The lowest BCUT2D eigenvalue weighted by Crippen LogP contribution is -2.17. The SMILES string of the molecule is Cc1sc2c(c1C)C(c1ccc(Cl)cc1)=N[C@@H](CC(=O)Nc1ccc3c(c1)CO/C3=N/OC(C)C)c1nnc(C)n1-2. The number of carbonyl (C=O) groups is 1. The van der Waals surface area contributed by atoms with Crippen molar-refractivity contribution < 1.29 is 14.4 Å². The highest BCUT2D eigenvalue weighted by Gasteiger charge is 2.32.